The molecule has 3 aromatic rings. The lowest BCUT2D eigenvalue weighted by molar-refractivity contribution is -0.118. The number of anilines is 1. The number of carbonyl (C=O) groups excluding carboxylic acids is 1. The molecule has 152 valence electrons. The van der Waals surface area contributed by atoms with Crippen LogP contribution in [0.3, 0.4) is 0 Å². The topological polar surface area (TPSA) is 121 Å². The monoisotopic (exact) mass is 417 g/mol. The summed E-state index contributed by atoms with van der Waals surface area (Å²) in [6.07, 6.45) is 1.11. The van der Waals surface area contributed by atoms with Gasteiger partial charge < -0.3 is 13.9 Å². The van der Waals surface area contributed by atoms with E-state index in [9.17, 15) is 13.2 Å². The Hall–Kier alpha value is -3.40. The van der Waals surface area contributed by atoms with Crippen molar-refractivity contribution in [1.82, 2.24) is 10.2 Å². The van der Waals surface area contributed by atoms with Crippen molar-refractivity contribution in [2.24, 2.45) is 0 Å². The molecule has 0 fully saturated rings. The Labute approximate surface area is 167 Å². The SMILES string of the molecule is CCOc1ccc(OCC(=O)Nc2nnc(-c3cccc(S(C)(=O)=O)c3)o2)cc1. The van der Waals surface area contributed by atoms with E-state index in [0.717, 1.165) is 6.26 Å². The fraction of sp³-hybridized carbons (Fsp3) is 0.211. The molecule has 0 radical (unpaired) electrons. The average molecular weight is 417 g/mol. The average Bonchev–Trinajstić information content (AvgIpc) is 3.16. The molecule has 1 amide bonds. The van der Waals surface area contributed by atoms with Crippen molar-refractivity contribution in [3.63, 3.8) is 0 Å². The maximum Gasteiger partial charge on any atom is 0.322 e. The number of sulfone groups is 1. The predicted molar refractivity (Wildman–Crippen MR) is 105 cm³/mol. The maximum absolute atomic E-state index is 12.0. The largest absolute Gasteiger partial charge is 0.494 e. The Bertz CT molecular complexity index is 1090. The van der Waals surface area contributed by atoms with Crippen LogP contribution in [0, 0.1) is 0 Å². The highest BCUT2D eigenvalue weighted by molar-refractivity contribution is 7.90. The highest BCUT2D eigenvalue weighted by Crippen LogP contribution is 2.23. The number of ether oxygens (including phenoxy) is 2. The van der Waals surface area contributed by atoms with E-state index in [0.29, 0.717) is 23.7 Å². The Morgan fingerprint density at radius 1 is 1.07 bits per heavy atom. The van der Waals surface area contributed by atoms with E-state index in [2.05, 4.69) is 15.5 Å². The number of hydrogen-bond acceptors (Lipinski definition) is 8. The molecule has 0 spiro atoms. The van der Waals surface area contributed by atoms with Gasteiger partial charge in [-0.3, -0.25) is 10.1 Å². The summed E-state index contributed by atoms with van der Waals surface area (Å²) >= 11 is 0. The zero-order valence-corrected chi connectivity index (χ0v) is 16.6. The first-order valence-corrected chi connectivity index (χ1v) is 10.5. The van der Waals surface area contributed by atoms with Crippen molar-refractivity contribution < 1.29 is 27.1 Å². The minimum Gasteiger partial charge on any atom is -0.494 e. The van der Waals surface area contributed by atoms with Crippen LogP contribution in [-0.2, 0) is 14.6 Å². The summed E-state index contributed by atoms with van der Waals surface area (Å²) < 4.78 is 39.4. The van der Waals surface area contributed by atoms with E-state index in [-0.39, 0.29) is 23.4 Å². The number of benzene rings is 2. The quantitative estimate of drug-likeness (QED) is 0.594. The molecule has 0 saturated heterocycles. The van der Waals surface area contributed by atoms with Gasteiger partial charge in [0.2, 0.25) is 5.89 Å². The third-order valence-electron chi connectivity index (χ3n) is 3.69. The zero-order valence-electron chi connectivity index (χ0n) is 15.8. The fourth-order valence-corrected chi connectivity index (χ4v) is 3.02. The minimum atomic E-state index is -3.37. The lowest BCUT2D eigenvalue weighted by atomic mass is 10.2. The highest BCUT2D eigenvalue weighted by Gasteiger charge is 2.14. The third-order valence-corrected chi connectivity index (χ3v) is 4.80. The third kappa shape index (κ3) is 5.55. The normalized spacial score (nSPS) is 11.1. The van der Waals surface area contributed by atoms with Gasteiger partial charge in [-0.15, -0.1) is 5.10 Å². The number of aromatic nitrogens is 2. The van der Waals surface area contributed by atoms with Gasteiger partial charge >= 0.3 is 6.01 Å². The molecule has 1 heterocycles. The van der Waals surface area contributed by atoms with Crippen LogP contribution in [0.5, 0.6) is 11.5 Å². The highest BCUT2D eigenvalue weighted by atomic mass is 32.2. The molecule has 29 heavy (non-hydrogen) atoms. The molecular formula is C19H19N3O6S. The molecule has 10 heteroatoms. The number of rotatable bonds is 8. The zero-order chi connectivity index (χ0) is 20.9. The van der Waals surface area contributed by atoms with Crippen molar-refractivity contribution in [1.29, 1.82) is 0 Å². The van der Waals surface area contributed by atoms with Crippen LogP contribution in [0.4, 0.5) is 6.01 Å². The number of nitrogens with zero attached hydrogens (tertiary/aromatic N) is 2. The molecule has 1 N–H and O–H groups in total. The summed E-state index contributed by atoms with van der Waals surface area (Å²) in [4.78, 5) is 12.1. The van der Waals surface area contributed by atoms with Gasteiger partial charge in [0.05, 0.1) is 11.5 Å². The number of nitrogens with one attached hydrogen (secondary N) is 1. The second-order valence-electron chi connectivity index (χ2n) is 5.95. The summed E-state index contributed by atoms with van der Waals surface area (Å²) in [7, 11) is -3.37. The summed E-state index contributed by atoms with van der Waals surface area (Å²) in [6.45, 7) is 2.20. The van der Waals surface area contributed by atoms with Crippen molar-refractivity contribution in [2.45, 2.75) is 11.8 Å². The Kier molecular flexibility index (Phi) is 6.13. The molecule has 0 aliphatic carbocycles. The number of amides is 1. The summed E-state index contributed by atoms with van der Waals surface area (Å²) in [6, 6.07) is 12.8. The molecule has 0 bridgehead atoms. The lowest BCUT2D eigenvalue weighted by Crippen LogP contribution is -2.20. The van der Waals surface area contributed by atoms with Crippen LogP contribution < -0.4 is 14.8 Å². The molecule has 2 aromatic carbocycles. The van der Waals surface area contributed by atoms with Crippen LogP contribution in [0.2, 0.25) is 0 Å². The van der Waals surface area contributed by atoms with Crippen LogP contribution in [-0.4, -0.2) is 44.0 Å². The van der Waals surface area contributed by atoms with E-state index in [1.165, 1.54) is 12.1 Å². The van der Waals surface area contributed by atoms with Gasteiger partial charge in [0.15, 0.2) is 16.4 Å². The number of carbonyl (C=O) groups is 1. The van der Waals surface area contributed by atoms with E-state index in [1.54, 1.807) is 36.4 Å². The van der Waals surface area contributed by atoms with E-state index in [1.807, 2.05) is 6.92 Å². The summed E-state index contributed by atoms with van der Waals surface area (Å²) in [5.74, 6) is 0.812. The lowest BCUT2D eigenvalue weighted by Gasteiger charge is -2.07. The van der Waals surface area contributed by atoms with Gasteiger partial charge in [-0.25, -0.2) is 8.42 Å². The maximum atomic E-state index is 12.0. The molecule has 1 aromatic heterocycles. The van der Waals surface area contributed by atoms with Gasteiger partial charge in [-0.05, 0) is 49.4 Å². The fourth-order valence-electron chi connectivity index (χ4n) is 2.35. The first kappa shape index (κ1) is 20.3. The van der Waals surface area contributed by atoms with E-state index >= 15 is 0 Å². The van der Waals surface area contributed by atoms with Gasteiger partial charge in [-0.1, -0.05) is 11.2 Å². The minimum absolute atomic E-state index is 0.0817. The number of hydrogen-bond donors (Lipinski definition) is 1. The molecular weight excluding hydrogens is 398 g/mol. The molecule has 9 nitrogen and oxygen atoms in total. The second kappa shape index (κ2) is 8.74. The van der Waals surface area contributed by atoms with Crippen molar-refractivity contribution in [2.75, 3.05) is 24.8 Å². The van der Waals surface area contributed by atoms with Crippen molar-refractivity contribution in [3.05, 3.63) is 48.5 Å². The first-order valence-electron chi connectivity index (χ1n) is 8.64. The van der Waals surface area contributed by atoms with Gasteiger partial charge in [0.1, 0.15) is 11.5 Å². The van der Waals surface area contributed by atoms with Crippen LogP contribution in [0.1, 0.15) is 6.92 Å². The Morgan fingerprint density at radius 3 is 2.41 bits per heavy atom. The first-order chi connectivity index (χ1) is 13.8. The standard InChI is InChI=1S/C19H19N3O6S/c1-3-26-14-7-9-15(10-8-14)27-12-17(23)20-19-22-21-18(28-19)13-5-4-6-16(11-13)29(2,24)25/h4-11H,3,12H2,1-2H3,(H,20,22,23). The van der Waals surface area contributed by atoms with Crippen molar-refractivity contribution >= 4 is 21.8 Å². The Balaban J connectivity index is 1.59. The van der Waals surface area contributed by atoms with Gasteiger partial charge in [-0.2, -0.15) is 0 Å². The van der Waals surface area contributed by atoms with Crippen molar-refractivity contribution in [3.8, 4) is 23.0 Å². The molecule has 0 atom stereocenters. The molecule has 0 aliphatic heterocycles. The molecule has 0 saturated carbocycles. The second-order valence-corrected chi connectivity index (χ2v) is 7.97. The van der Waals surface area contributed by atoms with E-state index < -0.39 is 15.7 Å². The predicted octanol–water partition coefficient (Wildman–Crippen LogP) is 2.56. The Morgan fingerprint density at radius 2 is 1.76 bits per heavy atom. The molecule has 3 rings (SSSR count). The molecule has 0 unspecified atom stereocenters. The molecule has 0 aliphatic rings. The van der Waals surface area contributed by atoms with Crippen LogP contribution in [0.25, 0.3) is 11.5 Å². The summed E-state index contributed by atoms with van der Waals surface area (Å²) in [5, 5.41) is 10.0. The van der Waals surface area contributed by atoms with E-state index in [4.69, 9.17) is 13.9 Å². The smallest absolute Gasteiger partial charge is 0.322 e. The van der Waals surface area contributed by atoms with Crippen LogP contribution >= 0.6 is 0 Å². The van der Waals surface area contributed by atoms with Gasteiger partial charge in [0.25, 0.3) is 5.91 Å². The van der Waals surface area contributed by atoms with Crippen LogP contribution in [0.15, 0.2) is 57.8 Å². The summed E-state index contributed by atoms with van der Waals surface area (Å²) in [5.41, 5.74) is 0.423. The van der Waals surface area contributed by atoms with Gasteiger partial charge in [0, 0.05) is 11.8 Å².